The van der Waals surface area contributed by atoms with Crippen molar-refractivity contribution in [2.24, 2.45) is 5.92 Å². The molecule has 2 saturated heterocycles. The highest BCUT2D eigenvalue weighted by Crippen LogP contribution is 2.49. The fraction of sp³-hybridized carbons (Fsp3) is 0.619. The first-order valence-electron chi connectivity index (χ1n) is 9.46. The van der Waals surface area contributed by atoms with Gasteiger partial charge in [-0.3, -0.25) is 4.90 Å². The number of nitrogens with one attached hydrogen (secondary N) is 1. The van der Waals surface area contributed by atoms with Crippen LogP contribution in [0.4, 0.5) is 0 Å². The number of benzene rings is 1. The van der Waals surface area contributed by atoms with Crippen molar-refractivity contribution >= 4 is 11.0 Å². The molecule has 0 unspecified atom stereocenters. The fourth-order valence-corrected chi connectivity index (χ4v) is 5.39. The highest BCUT2D eigenvalue weighted by molar-refractivity contribution is 7.84. The van der Waals surface area contributed by atoms with Gasteiger partial charge >= 0.3 is 0 Å². The predicted molar refractivity (Wildman–Crippen MR) is 107 cm³/mol. The quantitative estimate of drug-likeness (QED) is 0.771. The number of fused-ring (bicyclic) bond motifs is 3. The van der Waals surface area contributed by atoms with Crippen molar-refractivity contribution in [3.63, 3.8) is 0 Å². The van der Waals surface area contributed by atoms with Crippen molar-refractivity contribution in [3.05, 3.63) is 48.6 Å². The van der Waals surface area contributed by atoms with Crippen molar-refractivity contribution in [3.8, 4) is 0 Å². The maximum Gasteiger partial charge on any atom is 0.0976 e. The van der Waals surface area contributed by atoms with Gasteiger partial charge in [-0.05, 0) is 57.9 Å². The van der Waals surface area contributed by atoms with Crippen molar-refractivity contribution in [2.75, 3.05) is 13.1 Å². The van der Waals surface area contributed by atoms with Crippen LogP contribution in [-0.4, -0.2) is 32.5 Å². The van der Waals surface area contributed by atoms with E-state index in [9.17, 15) is 4.21 Å². The molecular formula is C21H32N2OS. The van der Waals surface area contributed by atoms with Crippen LogP contribution in [-0.2, 0) is 11.0 Å². The highest BCUT2D eigenvalue weighted by Gasteiger charge is 2.51. The van der Waals surface area contributed by atoms with Crippen molar-refractivity contribution in [1.82, 2.24) is 9.62 Å². The van der Waals surface area contributed by atoms with Crippen LogP contribution in [0.5, 0.6) is 0 Å². The highest BCUT2D eigenvalue weighted by atomic mass is 32.2. The summed E-state index contributed by atoms with van der Waals surface area (Å²) in [6.07, 6.45) is 6.91. The SMILES string of the molecule is C=CCN1CC2CCC1([C@H](N[S@@](=O)C(C)(C)C)c1ccccc1)CC2. The van der Waals surface area contributed by atoms with Crippen LogP contribution in [0.3, 0.4) is 0 Å². The largest absolute Gasteiger partial charge is 0.292 e. The third-order valence-electron chi connectivity index (χ3n) is 5.88. The van der Waals surface area contributed by atoms with Crippen LogP contribution in [0.1, 0.15) is 58.1 Å². The Labute approximate surface area is 155 Å². The smallest absolute Gasteiger partial charge is 0.0976 e. The third-order valence-corrected chi connectivity index (χ3v) is 7.44. The molecule has 2 aliphatic heterocycles. The molecule has 2 heterocycles. The molecule has 25 heavy (non-hydrogen) atoms. The van der Waals surface area contributed by atoms with Gasteiger partial charge in [-0.15, -0.1) is 6.58 Å². The molecule has 2 bridgehead atoms. The second kappa shape index (κ2) is 7.34. The maximum atomic E-state index is 13.0. The molecule has 0 amide bonds. The molecule has 1 saturated carbocycles. The van der Waals surface area contributed by atoms with Crippen molar-refractivity contribution < 1.29 is 4.21 Å². The summed E-state index contributed by atoms with van der Waals surface area (Å²) < 4.78 is 16.3. The maximum absolute atomic E-state index is 13.0. The standard InChI is InChI=1S/C21H32N2OS/c1-5-15-23-16-17-11-13-21(23,14-12-17)19(18-9-7-6-8-10-18)22-25(24)20(2,3)4/h5-10,17,19,22H,1,11-16H2,2-4H3/t17?,19-,21?,25+/m1/s1. The normalized spacial score (nSPS) is 29.3. The minimum Gasteiger partial charge on any atom is -0.292 e. The van der Waals surface area contributed by atoms with E-state index in [1.807, 2.05) is 26.8 Å². The number of rotatable bonds is 6. The minimum atomic E-state index is -1.10. The summed E-state index contributed by atoms with van der Waals surface area (Å²) in [5.41, 5.74) is 1.28. The number of hydrogen-bond donors (Lipinski definition) is 1. The van der Waals surface area contributed by atoms with Crippen LogP contribution >= 0.6 is 0 Å². The zero-order valence-electron chi connectivity index (χ0n) is 15.8. The lowest BCUT2D eigenvalue weighted by Gasteiger charge is -2.58. The van der Waals surface area contributed by atoms with Crippen LogP contribution < -0.4 is 4.72 Å². The zero-order valence-corrected chi connectivity index (χ0v) is 16.6. The fourth-order valence-electron chi connectivity index (χ4n) is 4.47. The second-order valence-electron chi connectivity index (χ2n) is 8.58. The predicted octanol–water partition coefficient (Wildman–Crippen LogP) is 4.21. The van der Waals surface area contributed by atoms with Gasteiger partial charge in [0, 0.05) is 18.6 Å². The third kappa shape index (κ3) is 3.76. The molecule has 1 aliphatic carbocycles. The first-order chi connectivity index (χ1) is 11.9. The average molecular weight is 361 g/mol. The molecule has 3 nitrogen and oxygen atoms in total. The summed E-state index contributed by atoms with van der Waals surface area (Å²) in [7, 11) is -1.10. The first-order valence-corrected chi connectivity index (χ1v) is 10.6. The molecule has 1 aromatic carbocycles. The van der Waals surface area contributed by atoms with Gasteiger partial charge in [0.15, 0.2) is 0 Å². The average Bonchev–Trinajstić information content (AvgIpc) is 2.61. The van der Waals surface area contributed by atoms with Gasteiger partial charge in [-0.1, -0.05) is 36.4 Å². The number of nitrogens with zero attached hydrogens (tertiary/aromatic N) is 1. The molecule has 138 valence electrons. The van der Waals surface area contributed by atoms with E-state index in [0.717, 1.165) is 19.0 Å². The molecule has 0 radical (unpaired) electrons. The van der Waals surface area contributed by atoms with Gasteiger partial charge < -0.3 is 0 Å². The Morgan fingerprint density at radius 2 is 1.96 bits per heavy atom. The summed E-state index contributed by atoms with van der Waals surface area (Å²) in [5.74, 6) is 0.811. The summed E-state index contributed by atoms with van der Waals surface area (Å²) >= 11 is 0. The van der Waals surface area contributed by atoms with E-state index in [2.05, 4.69) is 46.5 Å². The number of hydrogen-bond acceptors (Lipinski definition) is 2. The van der Waals surface area contributed by atoms with E-state index in [-0.39, 0.29) is 16.3 Å². The van der Waals surface area contributed by atoms with Crippen LogP contribution in [0, 0.1) is 5.92 Å². The Kier molecular flexibility index (Phi) is 5.52. The Balaban J connectivity index is 2.00. The van der Waals surface area contributed by atoms with Gasteiger partial charge in [0.2, 0.25) is 0 Å². The van der Waals surface area contributed by atoms with E-state index in [1.54, 1.807) is 0 Å². The molecular weight excluding hydrogens is 328 g/mol. The molecule has 1 N–H and O–H groups in total. The van der Waals surface area contributed by atoms with E-state index in [1.165, 1.54) is 31.2 Å². The lowest BCUT2D eigenvalue weighted by Crippen LogP contribution is -2.64. The molecule has 4 heteroatoms. The Morgan fingerprint density at radius 1 is 1.32 bits per heavy atom. The summed E-state index contributed by atoms with van der Waals surface area (Å²) in [5, 5.41) is 0. The monoisotopic (exact) mass is 360 g/mol. The van der Waals surface area contributed by atoms with Gasteiger partial charge in [0.05, 0.1) is 21.8 Å². The van der Waals surface area contributed by atoms with Crippen molar-refractivity contribution in [1.29, 1.82) is 0 Å². The first kappa shape index (κ1) is 18.8. The molecule has 2 atom stereocenters. The lowest BCUT2D eigenvalue weighted by atomic mass is 9.66. The van der Waals surface area contributed by atoms with Crippen LogP contribution in [0.25, 0.3) is 0 Å². The second-order valence-corrected chi connectivity index (χ2v) is 10.6. The minimum absolute atomic E-state index is 0.0329. The lowest BCUT2D eigenvalue weighted by molar-refractivity contribution is -0.0473. The van der Waals surface area contributed by atoms with Crippen LogP contribution in [0.2, 0.25) is 0 Å². The summed E-state index contributed by atoms with van der Waals surface area (Å²) in [6.45, 7) is 12.1. The van der Waals surface area contributed by atoms with E-state index in [0.29, 0.717) is 0 Å². The summed E-state index contributed by atoms with van der Waals surface area (Å²) in [6, 6.07) is 10.7. The summed E-state index contributed by atoms with van der Waals surface area (Å²) in [4.78, 5) is 2.60. The Bertz CT molecular complexity index is 615. The Morgan fingerprint density at radius 3 is 2.52 bits per heavy atom. The van der Waals surface area contributed by atoms with Gasteiger partial charge in [-0.2, -0.15) is 0 Å². The molecule has 1 aromatic rings. The van der Waals surface area contributed by atoms with Gasteiger partial charge in [-0.25, -0.2) is 8.93 Å². The number of piperidine rings is 2. The zero-order chi connectivity index (χ0) is 18.1. The molecule has 3 aliphatic rings. The van der Waals surface area contributed by atoms with E-state index < -0.39 is 11.0 Å². The molecule has 3 fully saturated rings. The topological polar surface area (TPSA) is 32.3 Å². The van der Waals surface area contributed by atoms with E-state index in [4.69, 9.17) is 0 Å². The van der Waals surface area contributed by atoms with Crippen LogP contribution in [0.15, 0.2) is 43.0 Å². The Hall–Kier alpha value is -0.970. The van der Waals surface area contributed by atoms with Gasteiger partial charge in [0.25, 0.3) is 0 Å². The van der Waals surface area contributed by atoms with Gasteiger partial charge in [0.1, 0.15) is 0 Å². The van der Waals surface area contributed by atoms with Crippen molar-refractivity contribution in [2.45, 2.75) is 62.8 Å². The molecule has 4 rings (SSSR count). The van der Waals surface area contributed by atoms with E-state index >= 15 is 0 Å². The molecule has 0 spiro atoms. The molecule has 0 aromatic heterocycles.